The van der Waals surface area contributed by atoms with Crippen molar-refractivity contribution in [1.29, 1.82) is 0 Å². The Morgan fingerprint density at radius 1 is 1.15 bits per heavy atom. The zero-order valence-corrected chi connectivity index (χ0v) is 13.6. The lowest BCUT2D eigenvalue weighted by molar-refractivity contribution is 0.0722. The van der Waals surface area contributed by atoms with E-state index in [1.165, 1.54) is 6.42 Å². The smallest absolute Gasteiger partial charge is 0.212 e. The van der Waals surface area contributed by atoms with Gasteiger partial charge in [-0.25, -0.2) is 13.1 Å². The van der Waals surface area contributed by atoms with Gasteiger partial charge >= 0.3 is 0 Å². The molecule has 0 amide bonds. The first-order valence-electron chi connectivity index (χ1n) is 8.04. The fourth-order valence-electron chi connectivity index (χ4n) is 3.47. The van der Waals surface area contributed by atoms with Gasteiger partial charge in [-0.2, -0.15) is 0 Å². The minimum atomic E-state index is -3.14. The summed E-state index contributed by atoms with van der Waals surface area (Å²) in [6.45, 7) is 5.89. The summed E-state index contributed by atoms with van der Waals surface area (Å²) in [4.78, 5) is 0. The molecule has 2 fully saturated rings. The second-order valence-electron chi connectivity index (χ2n) is 6.82. The topological polar surface area (TPSA) is 55.4 Å². The highest BCUT2D eigenvalue weighted by Gasteiger charge is 2.28. The van der Waals surface area contributed by atoms with Crippen LogP contribution in [0.1, 0.15) is 52.4 Å². The van der Waals surface area contributed by atoms with E-state index in [1.807, 2.05) is 0 Å². The van der Waals surface area contributed by atoms with Crippen LogP contribution in [0.25, 0.3) is 0 Å². The molecule has 1 aliphatic heterocycles. The summed E-state index contributed by atoms with van der Waals surface area (Å²) in [6.07, 6.45) is 6.14. The monoisotopic (exact) mass is 303 g/mol. The first-order chi connectivity index (χ1) is 9.46. The molecule has 1 aliphatic carbocycles. The molecule has 0 aromatic rings. The molecule has 0 aromatic carbocycles. The second-order valence-corrected chi connectivity index (χ2v) is 8.62. The molecule has 1 N–H and O–H groups in total. The lowest BCUT2D eigenvalue weighted by Gasteiger charge is -2.32. The van der Waals surface area contributed by atoms with Crippen LogP contribution in [0.3, 0.4) is 0 Å². The Bertz CT molecular complexity index is 388. The van der Waals surface area contributed by atoms with Crippen LogP contribution in [-0.4, -0.2) is 33.4 Å². The molecule has 2 rings (SSSR count). The highest BCUT2D eigenvalue weighted by atomic mass is 32.2. The molecule has 118 valence electrons. The molecule has 1 saturated heterocycles. The maximum atomic E-state index is 12.3. The fourth-order valence-corrected chi connectivity index (χ4v) is 5.24. The Morgan fingerprint density at radius 2 is 1.85 bits per heavy atom. The van der Waals surface area contributed by atoms with Crippen molar-refractivity contribution in [2.75, 3.05) is 19.0 Å². The van der Waals surface area contributed by atoms with Crippen molar-refractivity contribution in [3.8, 4) is 0 Å². The lowest BCUT2D eigenvalue weighted by atomic mass is 9.80. The standard InChI is InChI=1S/C15H29NO3S/c1-12(2)14-4-3-5-15(10-14)16-20(17,18)11-13-6-8-19-9-7-13/h12-16H,3-11H2,1-2H3/t14-,15-/m0/s1. The molecular weight excluding hydrogens is 274 g/mol. The molecule has 4 nitrogen and oxygen atoms in total. The van der Waals surface area contributed by atoms with Crippen LogP contribution < -0.4 is 4.72 Å². The first kappa shape index (κ1) is 16.2. The van der Waals surface area contributed by atoms with Gasteiger partial charge in [-0.1, -0.05) is 26.7 Å². The normalized spacial score (nSPS) is 29.8. The van der Waals surface area contributed by atoms with Crippen LogP contribution in [0.2, 0.25) is 0 Å². The zero-order chi connectivity index (χ0) is 14.6. The Hall–Kier alpha value is -0.130. The number of nitrogens with one attached hydrogen (secondary N) is 1. The van der Waals surface area contributed by atoms with Crippen molar-refractivity contribution in [3.63, 3.8) is 0 Å². The molecule has 20 heavy (non-hydrogen) atoms. The van der Waals surface area contributed by atoms with E-state index in [2.05, 4.69) is 18.6 Å². The molecule has 0 radical (unpaired) electrons. The maximum Gasteiger partial charge on any atom is 0.212 e. The van der Waals surface area contributed by atoms with E-state index in [0.29, 0.717) is 25.0 Å². The van der Waals surface area contributed by atoms with Crippen molar-refractivity contribution in [2.45, 2.75) is 58.4 Å². The molecule has 2 aliphatic rings. The summed E-state index contributed by atoms with van der Waals surface area (Å²) in [5, 5.41) is 0. The average Bonchev–Trinajstić information content (AvgIpc) is 2.39. The lowest BCUT2D eigenvalue weighted by Crippen LogP contribution is -2.42. The molecule has 0 unspecified atom stereocenters. The summed E-state index contributed by atoms with van der Waals surface area (Å²) in [5.74, 6) is 1.86. The van der Waals surface area contributed by atoms with Crippen LogP contribution in [0.15, 0.2) is 0 Å². The van der Waals surface area contributed by atoms with Crippen LogP contribution in [-0.2, 0) is 14.8 Å². The van der Waals surface area contributed by atoms with Crippen molar-refractivity contribution in [3.05, 3.63) is 0 Å². The van der Waals surface area contributed by atoms with Crippen molar-refractivity contribution in [1.82, 2.24) is 4.72 Å². The fraction of sp³-hybridized carbons (Fsp3) is 1.00. The minimum Gasteiger partial charge on any atom is -0.381 e. The van der Waals surface area contributed by atoms with Gasteiger partial charge in [-0.05, 0) is 43.4 Å². The molecule has 1 heterocycles. The SMILES string of the molecule is CC(C)[C@H]1CCC[C@H](NS(=O)(=O)CC2CCOCC2)C1. The van der Waals surface area contributed by atoms with Gasteiger partial charge in [0.15, 0.2) is 0 Å². The van der Waals surface area contributed by atoms with Crippen LogP contribution in [0.4, 0.5) is 0 Å². The minimum absolute atomic E-state index is 0.154. The summed E-state index contributed by atoms with van der Waals surface area (Å²) in [6, 6.07) is 0.154. The van der Waals surface area contributed by atoms with Crippen LogP contribution >= 0.6 is 0 Å². The third kappa shape index (κ3) is 5.01. The Morgan fingerprint density at radius 3 is 2.50 bits per heavy atom. The van der Waals surface area contributed by atoms with E-state index in [-0.39, 0.29) is 17.7 Å². The summed E-state index contributed by atoms with van der Waals surface area (Å²) in [5.41, 5.74) is 0. The van der Waals surface area contributed by atoms with Gasteiger partial charge < -0.3 is 4.74 Å². The van der Waals surface area contributed by atoms with Crippen LogP contribution in [0, 0.1) is 17.8 Å². The average molecular weight is 303 g/mol. The molecule has 0 bridgehead atoms. The highest BCUT2D eigenvalue weighted by molar-refractivity contribution is 7.89. The predicted molar refractivity (Wildman–Crippen MR) is 81.0 cm³/mol. The second kappa shape index (κ2) is 7.23. The van der Waals surface area contributed by atoms with Gasteiger partial charge in [0, 0.05) is 19.3 Å². The van der Waals surface area contributed by atoms with E-state index >= 15 is 0 Å². The van der Waals surface area contributed by atoms with Gasteiger partial charge in [0.2, 0.25) is 10.0 Å². The highest BCUT2D eigenvalue weighted by Crippen LogP contribution is 2.30. The Balaban J connectivity index is 1.84. The molecular formula is C15H29NO3S. The molecule has 5 heteroatoms. The maximum absolute atomic E-state index is 12.3. The van der Waals surface area contributed by atoms with Gasteiger partial charge in [0.05, 0.1) is 5.75 Å². The first-order valence-corrected chi connectivity index (χ1v) is 9.69. The number of hydrogen-bond acceptors (Lipinski definition) is 3. The summed E-state index contributed by atoms with van der Waals surface area (Å²) < 4.78 is 32.8. The third-order valence-corrected chi connectivity index (χ3v) is 6.40. The van der Waals surface area contributed by atoms with E-state index in [9.17, 15) is 8.42 Å². The third-order valence-electron chi connectivity index (χ3n) is 4.80. The van der Waals surface area contributed by atoms with E-state index in [1.54, 1.807) is 0 Å². The molecule has 0 aromatic heterocycles. The van der Waals surface area contributed by atoms with E-state index in [0.717, 1.165) is 32.1 Å². The van der Waals surface area contributed by atoms with E-state index in [4.69, 9.17) is 4.74 Å². The Labute approximate surface area is 123 Å². The number of hydrogen-bond donors (Lipinski definition) is 1. The van der Waals surface area contributed by atoms with Crippen molar-refractivity contribution in [2.24, 2.45) is 17.8 Å². The van der Waals surface area contributed by atoms with Crippen molar-refractivity contribution >= 4 is 10.0 Å². The molecule has 2 atom stereocenters. The Kier molecular flexibility index (Phi) is 5.87. The number of sulfonamides is 1. The van der Waals surface area contributed by atoms with Gasteiger partial charge in [-0.15, -0.1) is 0 Å². The largest absolute Gasteiger partial charge is 0.381 e. The van der Waals surface area contributed by atoms with Gasteiger partial charge in [0.25, 0.3) is 0 Å². The van der Waals surface area contributed by atoms with Crippen molar-refractivity contribution < 1.29 is 13.2 Å². The number of ether oxygens (including phenoxy) is 1. The molecule has 1 saturated carbocycles. The van der Waals surface area contributed by atoms with E-state index < -0.39 is 10.0 Å². The quantitative estimate of drug-likeness (QED) is 0.849. The van der Waals surface area contributed by atoms with Gasteiger partial charge in [-0.3, -0.25) is 0 Å². The van der Waals surface area contributed by atoms with Gasteiger partial charge in [0.1, 0.15) is 0 Å². The van der Waals surface area contributed by atoms with Crippen LogP contribution in [0.5, 0.6) is 0 Å². The predicted octanol–water partition coefficient (Wildman–Crippen LogP) is 2.55. The summed E-state index contributed by atoms with van der Waals surface area (Å²) >= 11 is 0. The zero-order valence-electron chi connectivity index (χ0n) is 12.8. The summed E-state index contributed by atoms with van der Waals surface area (Å²) in [7, 11) is -3.14. The number of rotatable bonds is 5. The molecule has 0 spiro atoms.